The minimum Gasteiger partial charge on any atom is -0.390 e. The number of aliphatic hydroxyl groups is 2. The van der Waals surface area contributed by atoms with Gasteiger partial charge in [0.1, 0.15) is 6.54 Å². The third-order valence-corrected chi connectivity index (χ3v) is 4.81. The fourth-order valence-corrected chi connectivity index (χ4v) is 3.59. The van der Waals surface area contributed by atoms with Gasteiger partial charge in [-0.1, -0.05) is 32.0 Å². The second-order valence-corrected chi connectivity index (χ2v) is 7.60. The summed E-state index contributed by atoms with van der Waals surface area (Å²) in [6, 6.07) is 7.37. The summed E-state index contributed by atoms with van der Waals surface area (Å²) in [6.45, 7) is 4.90. The first-order chi connectivity index (χ1) is 11.3. The number of rotatable bonds is 2. The van der Waals surface area contributed by atoms with Crippen molar-refractivity contribution in [2.45, 2.75) is 39.0 Å². The number of aliphatic hydroxyl groups excluding tert-OH is 2. The summed E-state index contributed by atoms with van der Waals surface area (Å²) >= 11 is 0. The molecule has 3 rings (SSSR count). The van der Waals surface area contributed by atoms with Crippen LogP contribution in [0.1, 0.15) is 36.2 Å². The van der Waals surface area contributed by atoms with Crippen LogP contribution in [0.15, 0.2) is 24.3 Å². The molecule has 24 heavy (non-hydrogen) atoms. The highest BCUT2D eigenvalue weighted by Gasteiger charge is 2.37. The average Bonchev–Trinajstić information content (AvgIpc) is 2.76. The van der Waals surface area contributed by atoms with E-state index < -0.39 is 12.2 Å². The number of β-amino-alcohol motifs (C(OH)–C–C–N with tert-alkyl or cyclic N) is 1. The number of carbonyl (C=O) groups excluding carboxylic acids is 2. The maximum Gasteiger partial charge on any atom is 0.254 e. The van der Waals surface area contributed by atoms with E-state index in [9.17, 15) is 19.8 Å². The second kappa shape index (κ2) is 6.18. The van der Waals surface area contributed by atoms with Gasteiger partial charge in [-0.25, -0.2) is 0 Å². The Morgan fingerprint density at radius 3 is 2.67 bits per heavy atom. The molecule has 2 atom stereocenters. The van der Waals surface area contributed by atoms with Crippen LogP contribution >= 0.6 is 0 Å². The zero-order valence-corrected chi connectivity index (χ0v) is 14.1. The highest BCUT2D eigenvalue weighted by Crippen LogP contribution is 2.29. The molecule has 0 unspecified atom stereocenters. The molecule has 0 radical (unpaired) electrons. The van der Waals surface area contributed by atoms with Gasteiger partial charge in [-0.05, 0) is 23.5 Å². The van der Waals surface area contributed by atoms with Crippen molar-refractivity contribution in [3.8, 4) is 0 Å². The molecule has 1 aromatic carbocycles. The molecular weight excluding hydrogens is 308 g/mol. The number of amides is 2. The molecule has 0 aliphatic carbocycles. The maximum absolute atomic E-state index is 12.7. The van der Waals surface area contributed by atoms with Gasteiger partial charge >= 0.3 is 0 Å². The lowest BCUT2D eigenvalue weighted by Crippen LogP contribution is -2.45. The SMILES string of the molecule is CC1(C)C[C@@H](O)[C@@H](O)CN(C(=O)CN2Cc3ccccc3C2=O)C1. The van der Waals surface area contributed by atoms with Crippen molar-refractivity contribution in [3.05, 3.63) is 35.4 Å². The molecule has 2 aliphatic rings. The number of likely N-dealkylation sites (tertiary alicyclic amines) is 1. The van der Waals surface area contributed by atoms with E-state index in [1.165, 1.54) is 4.90 Å². The topological polar surface area (TPSA) is 81.1 Å². The minimum absolute atomic E-state index is 0.00753. The normalized spacial score (nSPS) is 26.2. The number of hydrogen-bond donors (Lipinski definition) is 2. The number of hydrogen-bond acceptors (Lipinski definition) is 4. The lowest BCUT2D eigenvalue weighted by atomic mass is 9.86. The van der Waals surface area contributed by atoms with Gasteiger partial charge in [0, 0.05) is 25.2 Å². The van der Waals surface area contributed by atoms with Crippen molar-refractivity contribution in [2.24, 2.45) is 5.41 Å². The molecule has 0 aromatic heterocycles. The van der Waals surface area contributed by atoms with Crippen LogP contribution in [0.2, 0.25) is 0 Å². The molecule has 1 saturated heterocycles. The Morgan fingerprint density at radius 1 is 1.25 bits per heavy atom. The van der Waals surface area contributed by atoms with Gasteiger partial charge < -0.3 is 20.0 Å². The molecule has 2 amide bonds. The summed E-state index contributed by atoms with van der Waals surface area (Å²) in [6.07, 6.45) is -1.36. The van der Waals surface area contributed by atoms with Crippen LogP contribution in [-0.4, -0.2) is 63.7 Å². The van der Waals surface area contributed by atoms with E-state index in [2.05, 4.69) is 0 Å². The first kappa shape index (κ1) is 16.9. The Morgan fingerprint density at radius 2 is 1.96 bits per heavy atom. The van der Waals surface area contributed by atoms with Crippen LogP contribution in [0.4, 0.5) is 0 Å². The largest absolute Gasteiger partial charge is 0.390 e. The van der Waals surface area contributed by atoms with E-state index >= 15 is 0 Å². The Kier molecular flexibility index (Phi) is 4.36. The molecular formula is C18H24N2O4. The van der Waals surface area contributed by atoms with Gasteiger partial charge in [0.15, 0.2) is 0 Å². The van der Waals surface area contributed by atoms with Crippen LogP contribution in [0.25, 0.3) is 0 Å². The molecule has 0 saturated carbocycles. The maximum atomic E-state index is 12.7. The van der Waals surface area contributed by atoms with Crippen molar-refractivity contribution >= 4 is 11.8 Å². The molecule has 6 nitrogen and oxygen atoms in total. The zero-order valence-electron chi connectivity index (χ0n) is 14.1. The van der Waals surface area contributed by atoms with Crippen LogP contribution < -0.4 is 0 Å². The van der Waals surface area contributed by atoms with Crippen molar-refractivity contribution < 1.29 is 19.8 Å². The highest BCUT2D eigenvalue weighted by molar-refractivity contribution is 6.00. The molecule has 0 spiro atoms. The Balaban J connectivity index is 1.70. The van der Waals surface area contributed by atoms with Gasteiger partial charge in [0.2, 0.25) is 5.91 Å². The first-order valence-corrected chi connectivity index (χ1v) is 8.28. The minimum atomic E-state index is -0.956. The molecule has 1 aromatic rings. The summed E-state index contributed by atoms with van der Waals surface area (Å²) in [7, 11) is 0. The standard InChI is InChI=1S/C18H24N2O4/c1-18(2)7-14(21)15(22)9-20(11-18)16(23)10-19-8-12-5-3-4-6-13(12)17(19)24/h3-6,14-15,21-22H,7-11H2,1-2H3/t14-,15+/m1/s1. The van der Waals surface area contributed by atoms with Gasteiger partial charge in [-0.15, -0.1) is 0 Å². The van der Waals surface area contributed by atoms with Crippen LogP contribution in [-0.2, 0) is 11.3 Å². The Labute approximate surface area is 141 Å². The first-order valence-electron chi connectivity index (χ1n) is 8.28. The lowest BCUT2D eigenvalue weighted by Gasteiger charge is -2.30. The number of nitrogens with zero attached hydrogens (tertiary/aromatic N) is 2. The van der Waals surface area contributed by atoms with Crippen LogP contribution in [0.5, 0.6) is 0 Å². The summed E-state index contributed by atoms with van der Waals surface area (Å²) in [5, 5.41) is 20.0. The van der Waals surface area contributed by atoms with Gasteiger partial charge in [0.25, 0.3) is 5.91 Å². The molecule has 2 heterocycles. The smallest absolute Gasteiger partial charge is 0.254 e. The van der Waals surface area contributed by atoms with E-state index in [-0.39, 0.29) is 30.3 Å². The average molecular weight is 332 g/mol. The third kappa shape index (κ3) is 3.30. The lowest BCUT2D eigenvalue weighted by molar-refractivity contribution is -0.134. The van der Waals surface area contributed by atoms with Gasteiger partial charge in [-0.2, -0.15) is 0 Å². The van der Waals surface area contributed by atoms with Crippen molar-refractivity contribution in [1.82, 2.24) is 9.80 Å². The van der Waals surface area contributed by atoms with E-state index in [4.69, 9.17) is 0 Å². The molecule has 6 heteroatoms. The summed E-state index contributed by atoms with van der Waals surface area (Å²) in [5.74, 6) is -0.328. The Bertz CT molecular complexity index is 658. The zero-order chi connectivity index (χ0) is 17.5. The second-order valence-electron chi connectivity index (χ2n) is 7.60. The fourth-order valence-electron chi connectivity index (χ4n) is 3.59. The molecule has 2 N–H and O–H groups in total. The van der Waals surface area contributed by atoms with Crippen molar-refractivity contribution in [1.29, 1.82) is 0 Å². The number of benzene rings is 1. The molecule has 1 fully saturated rings. The van der Waals surface area contributed by atoms with Gasteiger partial charge in [-0.3, -0.25) is 9.59 Å². The summed E-state index contributed by atoms with van der Waals surface area (Å²) in [4.78, 5) is 28.2. The quantitative estimate of drug-likeness (QED) is 0.832. The summed E-state index contributed by atoms with van der Waals surface area (Å²) in [5.41, 5.74) is 1.30. The fraction of sp³-hybridized carbons (Fsp3) is 0.556. The van der Waals surface area contributed by atoms with Crippen molar-refractivity contribution in [3.63, 3.8) is 0 Å². The predicted octanol–water partition coefficient (Wildman–Crippen LogP) is 0.623. The summed E-state index contributed by atoms with van der Waals surface area (Å²) < 4.78 is 0. The van der Waals surface area contributed by atoms with Crippen LogP contribution in [0, 0.1) is 5.41 Å². The van der Waals surface area contributed by atoms with E-state index in [0.717, 1.165) is 5.56 Å². The molecule has 2 aliphatic heterocycles. The predicted molar refractivity (Wildman–Crippen MR) is 88.2 cm³/mol. The third-order valence-electron chi connectivity index (χ3n) is 4.81. The monoisotopic (exact) mass is 332 g/mol. The molecule has 130 valence electrons. The van der Waals surface area contributed by atoms with E-state index in [1.54, 1.807) is 11.0 Å². The van der Waals surface area contributed by atoms with Gasteiger partial charge in [0.05, 0.1) is 12.2 Å². The van der Waals surface area contributed by atoms with E-state index in [1.807, 2.05) is 32.0 Å². The van der Waals surface area contributed by atoms with Crippen molar-refractivity contribution in [2.75, 3.05) is 19.6 Å². The number of carbonyl (C=O) groups is 2. The van der Waals surface area contributed by atoms with Crippen LogP contribution in [0.3, 0.4) is 0 Å². The Hall–Kier alpha value is -1.92. The highest BCUT2D eigenvalue weighted by atomic mass is 16.3. The number of fused-ring (bicyclic) bond motifs is 1. The van der Waals surface area contributed by atoms with E-state index in [0.29, 0.717) is 25.1 Å². The molecule has 0 bridgehead atoms.